The zero-order valence-corrected chi connectivity index (χ0v) is 27.1. The van der Waals surface area contributed by atoms with Gasteiger partial charge in [-0.3, -0.25) is 14.4 Å². The van der Waals surface area contributed by atoms with Crippen LogP contribution in [0.4, 0.5) is 8.78 Å². The number of amides is 1. The van der Waals surface area contributed by atoms with Crippen molar-refractivity contribution >= 4 is 94.6 Å². The molecule has 0 bridgehead atoms. The van der Waals surface area contributed by atoms with E-state index in [0.717, 1.165) is 10.4 Å². The Bertz CT molecular complexity index is 2900. The van der Waals surface area contributed by atoms with Crippen molar-refractivity contribution in [2.24, 2.45) is 5.73 Å². The zero-order valence-electron chi connectivity index (χ0n) is 25.5. The van der Waals surface area contributed by atoms with Gasteiger partial charge in [-0.25, -0.2) is 18.7 Å². The standard InChI is InChI=1S/C17H9FN4O2S.C17H13FN4O2S/c18-8-1-2-10-12(5-8)13-11(3-4-19-16(13)23)15-14(10)21-17(22-15)25-9-6-20-24-7-9;18-8-1-2-9-11(7-8)13-10(3-5-20-16(13)24)15-14(9)21-17(22-15)25-6-4-12(19)23/h1-7H,(H,19,23)(H,21,22);1-3,5,7H,4,6H2,(H2,19,23)(H,20,24)(H,21,22). The average molecular weight is 709 g/mol. The molecule has 4 aromatic carbocycles. The number of nitrogens with two attached hydrogens (primary N) is 1. The van der Waals surface area contributed by atoms with Crippen molar-refractivity contribution in [1.29, 1.82) is 0 Å². The lowest BCUT2D eigenvalue weighted by Gasteiger charge is -2.05. The first kappa shape index (κ1) is 31.3. The summed E-state index contributed by atoms with van der Waals surface area (Å²) < 4.78 is 32.4. The van der Waals surface area contributed by atoms with E-state index in [2.05, 4.69) is 35.1 Å². The molecule has 0 saturated heterocycles. The Morgan fingerprint density at radius 3 is 1.86 bits per heavy atom. The molecule has 0 atom stereocenters. The average Bonchev–Trinajstić information content (AvgIpc) is 3.86. The molecule has 5 heterocycles. The number of benzene rings is 4. The summed E-state index contributed by atoms with van der Waals surface area (Å²) in [6, 6.07) is 12.3. The lowest BCUT2D eigenvalue weighted by atomic mass is 10.0. The van der Waals surface area contributed by atoms with Crippen molar-refractivity contribution in [2.75, 3.05) is 5.75 Å². The lowest BCUT2D eigenvalue weighted by molar-refractivity contribution is -0.117. The number of aromatic amines is 4. The van der Waals surface area contributed by atoms with Crippen LogP contribution in [0.2, 0.25) is 0 Å². The summed E-state index contributed by atoms with van der Waals surface area (Å²) >= 11 is 2.73. The van der Waals surface area contributed by atoms with E-state index < -0.39 is 11.6 Å². The van der Waals surface area contributed by atoms with Crippen molar-refractivity contribution < 1.29 is 18.1 Å². The summed E-state index contributed by atoms with van der Waals surface area (Å²) in [5.74, 6) is -0.684. The van der Waals surface area contributed by atoms with Crippen LogP contribution in [0.5, 0.6) is 0 Å². The van der Waals surface area contributed by atoms with E-state index in [1.807, 2.05) is 0 Å². The van der Waals surface area contributed by atoms with Crippen LogP contribution >= 0.6 is 23.5 Å². The molecule has 6 N–H and O–H groups in total. The summed E-state index contributed by atoms with van der Waals surface area (Å²) in [6.45, 7) is 0. The number of rotatable bonds is 6. The number of halogens is 2. The largest absolute Gasteiger partial charge is 0.370 e. The Kier molecular flexibility index (Phi) is 7.80. The molecular weight excluding hydrogens is 687 g/mol. The van der Waals surface area contributed by atoms with Crippen LogP contribution in [-0.2, 0) is 4.79 Å². The Morgan fingerprint density at radius 1 is 0.760 bits per heavy atom. The van der Waals surface area contributed by atoms with Gasteiger partial charge in [0.05, 0.1) is 43.9 Å². The number of carbonyl (C=O) groups is 1. The molecule has 5 aromatic heterocycles. The van der Waals surface area contributed by atoms with Crippen LogP contribution in [0.3, 0.4) is 0 Å². The van der Waals surface area contributed by atoms with Crippen LogP contribution in [0.1, 0.15) is 6.42 Å². The molecule has 0 fully saturated rings. The second-order valence-electron chi connectivity index (χ2n) is 11.1. The minimum absolute atomic E-state index is 0.244. The first-order valence-corrected chi connectivity index (χ1v) is 16.8. The van der Waals surface area contributed by atoms with Crippen molar-refractivity contribution in [3.8, 4) is 0 Å². The number of hydrogen-bond acceptors (Lipinski definition) is 9. The number of imidazole rings is 2. The molecule has 12 nitrogen and oxygen atoms in total. The maximum absolute atomic E-state index is 13.8. The van der Waals surface area contributed by atoms with Crippen molar-refractivity contribution in [1.82, 2.24) is 35.1 Å². The molecule has 16 heteroatoms. The van der Waals surface area contributed by atoms with Gasteiger partial charge in [-0.1, -0.05) is 16.9 Å². The monoisotopic (exact) mass is 708 g/mol. The van der Waals surface area contributed by atoms with Gasteiger partial charge >= 0.3 is 0 Å². The fourth-order valence-electron chi connectivity index (χ4n) is 5.97. The maximum Gasteiger partial charge on any atom is 0.256 e. The van der Waals surface area contributed by atoms with Gasteiger partial charge < -0.3 is 30.2 Å². The van der Waals surface area contributed by atoms with Crippen LogP contribution < -0.4 is 16.9 Å². The number of carbonyl (C=O) groups excluding carboxylic acids is 1. The number of hydrogen-bond donors (Lipinski definition) is 5. The Balaban J connectivity index is 0.000000144. The van der Waals surface area contributed by atoms with Crippen LogP contribution in [0.25, 0.3) is 65.2 Å². The Morgan fingerprint density at radius 2 is 1.32 bits per heavy atom. The van der Waals surface area contributed by atoms with Crippen LogP contribution in [0.15, 0.2) is 103 Å². The predicted octanol–water partition coefficient (Wildman–Crippen LogP) is 6.50. The fourth-order valence-corrected chi connectivity index (χ4v) is 7.50. The molecule has 9 aromatic rings. The summed E-state index contributed by atoms with van der Waals surface area (Å²) in [7, 11) is 0. The molecular formula is C34H22F2N8O4S2. The van der Waals surface area contributed by atoms with Crippen molar-refractivity contribution in [2.45, 2.75) is 21.6 Å². The maximum atomic E-state index is 13.8. The number of H-pyrrole nitrogens is 4. The highest BCUT2D eigenvalue weighted by Gasteiger charge is 2.18. The third-order valence-electron chi connectivity index (χ3n) is 8.05. The molecule has 0 radical (unpaired) electrons. The summed E-state index contributed by atoms with van der Waals surface area (Å²) in [4.78, 5) is 57.3. The minimum atomic E-state index is -0.414. The molecule has 0 aliphatic heterocycles. The molecule has 9 rings (SSSR count). The Labute approximate surface area is 285 Å². The van der Waals surface area contributed by atoms with E-state index in [1.54, 1.807) is 42.9 Å². The van der Waals surface area contributed by atoms with Crippen LogP contribution in [0, 0.1) is 11.6 Å². The molecule has 1 amide bonds. The highest BCUT2D eigenvalue weighted by atomic mass is 32.2. The molecule has 50 heavy (non-hydrogen) atoms. The van der Waals surface area contributed by atoms with E-state index in [4.69, 9.17) is 10.3 Å². The number of thioether (sulfide) groups is 1. The fraction of sp³-hybridized carbons (Fsp3) is 0.0588. The van der Waals surface area contributed by atoms with E-state index in [-0.39, 0.29) is 23.4 Å². The van der Waals surface area contributed by atoms with Gasteiger partial charge in [0.25, 0.3) is 11.1 Å². The van der Waals surface area contributed by atoms with E-state index in [9.17, 15) is 23.2 Å². The topological polar surface area (TPSA) is 192 Å². The van der Waals surface area contributed by atoms with Gasteiger partial charge in [0, 0.05) is 56.9 Å². The van der Waals surface area contributed by atoms with Gasteiger partial charge in [-0.15, -0.1) is 0 Å². The second kappa shape index (κ2) is 12.5. The number of fused-ring (bicyclic) bond motifs is 12. The number of nitrogens with one attached hydrogen (secondary N) is 4. The first-order chi connectivity index (χ1) is 24.2. The van der Waals surface area contributed by atoms with E-state index in [0.29, 0.717) is 75.7 Å². The molecule has 248 valence electrons. The molecule has 0 spiro atoms. The lowest BCUT2D eigenvalue weighted by Crippen LogP contribution is -2.10. The third-order valence-corrected chi connectivity index (χ3v) is 9.75. The number of primary amides is 1. The second-order valence-corrected chi connectivity index (χ2v) is 13.3. The van der Waals surface area contributed by atoms with Gasteiger partial charge in [0.1, 0.15) is 17.9 Å². The van der Waals surface area contributed by atoms with Crippen molar-refractivity contribution in [3.63, 3.8) is 0 Å². The number of pyridine rings is 2. The molecule has 0 aliphatic rings. The number of aromatic nitrogens is 7. The quantitative estimate of drug-likeness (QED) is 0.0947. The van der Waals surface area contributed by atoms with Gasteiger partial charge in [0.2, 0.25) is 5.91 Å². The van der Waals surface area contributed by atoms with Crippen LogP contribution in [-0.4, -0.2) is 46.7 Å². The zero-order chi connectivity index (χ0) is 34.5. The number of nitrogens with zero attached hydrogens (tertiary/aromatic N) is 3. The summed E-state index contributed by atoms with van der Waals surface area (Å²) in [5.41, 5.74) is 7.40. The Hall–Kier alpha value is -6.00. The van der Waals surface area contributed by atoms with E-state index in [1.165, 1.54) is 54.1 Å². The van der Waals surface area contributed by atoms with Gasteiger partial charge in [0.15, 0.2) is 10.3 Å². The molecule has 0 saturated carbocycles. The normalized spacial score (nSPS) is 11.6. The smallest absolute Gasteiger partial charge is 0.256 e. The first-order valence-electron chi connectivity index (χ1n) is 15.0. The predicted molar refractivity (Wildman–Crippen MR) is 189 cm³/mol. The SMILES string of the molecule is NC(=O)CCSc1nc2c3ccc(F)cc3c3c(=O)[nH]ccc3c2[nH]1.O=c1[nH]ccc2c3[nH]c(Sc4cnoc4)nc3c3ccc(F)cc3c12. The highest BCUT2D eigenvalue weighted by molar-refractivity contribution is 7.99. The summed E-state index contributed by atoms with van der Waals surface area (Å²) in [6.07, 6.45) is 6.48. The summed E-state index contributed by atoms with van der Waals surface area (Å²) in [5, 5.41) is 9.62. The highest BCUT2D eigenvalue weighted by Crippen LogP contribution is 2.36. The third kappa shape index (κ3) is 5.53. The molecule has 0 unspecified atom stereocenters. The van der Waals surface area contributed by atoms with Crippen molar-refractivity contribution in [3.05, 3.63) is 106 Å². The van der Waals surface area contributed by atoms with Gasteiger partial charge in [-0.05, 0) is 60.3 Å². The van der Waals surface area contributed by atoms with E-state index >= 15 is 0 Å². The van der Waals surface area contributed by atoms with Gasteiger partial charge in [-0.2, -0.15) is 0 Å². The minimum Gasteiger partial charge on any atom is -0.370 e. The molecule has 0 aliphatic carbocycles.